The van der Waals surface area contributed by atoms with Crippen LogP contribution in [-0.2, 0) is 0 Å². The van der Waals surface area contributed by atoms with Crippen LogP contribution in [0, 0.1) is 5.82 Å². The van der Waals surface area contributed by atoms with Gasteiger partial charge in [0.05, 0.1) is 16.4 Å². The fraction of sp³-hybridized carbons (Fsp3) is 0.222. The predicted octanol–water partition coefficient (Wildman–Crippen LogP) is 2.38. The van der Waals surface area contributed by atoms with E-state index in [0.717, 1.165) is 18.7 Å². The number of hydrogen-bond acceptors (Lipinski definition) is 2. The lowest BCUT2D eigenvalue weighted by Crippen LogP contribution is -2.09. The average molecular weight is 196 g/mol. The van der Waals surface area contributed by atoms with E-state index < -0.39 is 0 Å². The largest absolute Gasteiger partial charge is 0.383 e. The van der Waals surface area contributed by atoms with Crippen molar-refractivity contribution in [3.63, 3.8) is 0 Å². The van der Waals surface area contributed by atoms with E-state index in [1.807, 2.05) is 6.07 Å². The summed E-state index contributed by atoms with van der Waals surface area (Å²) < 4.78 is 13.3. The van der Waals surface area contributed by atoms with Gasteiger partial charge in [-0.2, -0.15) is 0 Å². The molecule has 0 atom stereocenters. The van der Waals surface area contributed by atoms with Gasteiger partial charge in [0.2, 0.25) is 0 Å². The molecule has 0 spiro atoms. The van der Waals surface area contributed by atoms with Gasteiger partial charge in [-0.3, -0.25) is 0 Å². The van der Waals surface area contributed by atoms with Gasteiger partial charge in [0.25, 0.3) is 0 Å². The predicted molar refractivity (Wildman–Crippen MR) is 55.7 cm³/mol. The van der Waals surface area contributed by atoms with Crippen LogP contribution in [0.25, 0.3) is 0 Å². The highest BCUT2D eigenvalue weighted by Gasteiger charge is 2.12. The third kappa shape index (κ3) is 1.62. The monoisotopic (exact) mass is 196 g/mol. The fourth-order valence-electron chi connectivity index (χ4n) is 1.31. The van der Waals surface area contributed by atoms with Gasteiger partial charge >= 0.3 is 0 Å². The van der Waals surface area contributed by atoms with Crippen LogP contribution < -0.4 is 10.6 Å². The lowest BCUT2D eigenvalue weighted by molar-refractivity contribution is 0.633. The molecule has 0 amide bonds. The third-order valence-corrected chi connectivity index (χ3v) is 2.25. The Bertz CT molecular complexity index is 351. The van der Waals surface area contributed by atoms with Gasteiger partial charge in [-0.05, 0) is 12.1 Å². The van der Waals surface area contributed by atoms with Gasteiger partial charge in [0.1, 0.15) is 5.82 Å². The zero-order valence-corrected chi connectivity index (χ0v) is 7.75. The Morgan fingerprint density at radius 1 is 1.38 bits per heavy atom. The van der Waals surface area contributed by atoms with Gasteiger partial charge in [0.15, 0.2) is 0 Å². The first-order chi connectivity index (χ1) is 6.27. The molecule has 1 heterocycles. The molecule has 1 aliphatic rings. The zero-order chi connectivity index (χ0) is 9.26. The van der Waals surface area contributed by atoms with E-state index in [4.69, 9.17) is 12.2 Å². The van der Waals surface area contributed by atoms with Crippen LogP contribution in [0.2, 0.25) is 0 Å². The molecule has 0 saturated heterocycles. The van der Waals surface area contributed by atoms with Crippen LogP contribution in [-0.4, -0.2) is 11.5 Å². The number of thiocarbonyl (C=S) groups is 1. The second-order valence-corrected chi connectivity index (χ2v) is 3.38. The Hall–Kier alpha value is -1.16. The van der Waals surface area contributed by atoms with E-state index in [2.05, 4.69) is 10.6 Å². The van der Waals surface area contributed by atoms with E-state index >= 15 is 0 Å². The highest BCUT2D eigenvalue weighted by Crippen LogP contribution is 2.26. The Morgan fingerprint density at radius 3 is 3.08 bits per heavy atom. The second-order valence-electron chi connectivity index (χ2n) is 2.89. The molecular formula is C9H9FN2S. The minimum absolute atomic E-state index is 0.269. The molecule has 0 unspecified atom stereocenters. The van der Waals surface area contributed by atoms with Crippen molar-refractivity contribution in [2.24, 2.45) is 0 Å². The summed E-state index contributed by atoms with van der Waals surface area (Å²) in [5.74, 6) is -0.269. The summed E-state index contributed by atoms with van der Waals surface area (Å²) in [5.41, 5.74) is 1.24. The third-order valence-electron chi connectivity index (χ3n) is 1.95. The summed E-state index contributed by atoms with van der Waals surface area (Å²) in [7, 11) is 0. The van der Waals surface area contributed by atoms with Crippen molar-refractivity contribution < 1.29 is 4.39 Å². The smallest absolute Gasteiger partial charge is 0.148 e. The van der Waals surface area contributed by atoms with Gasteiger partial charge in [-0.25, -0.2) is 4.39 Å². The first-order valence-corrected chi connectivity index (χ1v) is 4.50. The summed E-state index contributed by atoms with van der Waals surface area (Å²) in [6, 6.07) is 4.93. The van der Waals surface area contributed by atoms with Crippen molar-refractivity contribution in [1.29, 1.82) is 0 Å². The molecular weight excluding hydrogens is 187 g/mol. The summed E-state index contributed by atoms with van der Waals surface area (Å²) in [5, 5.41) is 5.99. The Labute approximate surface area is 81.1 Å². The molecule has 4 heteroatoms. The van der Waals surface area contributed by atoms with Crippen molar-refractivity contribution in [2.75, 3.05) is 17.2 Å². The van der Waals surface area contributed by atoms with E-state index in [1.54, 1.807) is 6.07 Å². The quantitative estimate of drug-likeness (QED) is 0.623. The Kier molecular flexibility index (Phi) is 2.14. The number of para-hydroxylation sites is 1. The Balaban J connectivity index is 2.46. The van der Waals surface area contributed by atoms with Crippen molar-refractivity contribution in [2.45, 2.75) is 6.42 Å². The zero-order valence-electron chi connectivity index (χ0n) is 6.93. The van der Waals surface area contributed by atoms with Crippen molar-refractivity contribution in [3.8, 4) is 0 Å². The number of rotatable bonds is 0. The van der Waals surface area contributed by atoms with Crippen molar-refractivity contribution in [1.82, 2.24) is 0 Å². The number of anilines is 2. The van der Waals surface area contributed by atoms with Crippen LogP contribution in [0.15, 0.2) is 18.2 Å². The van der Waals surface area contributed by atoms with Crippen molar-refractivity contribution in [3.05, 3.63) is 24.0 Å². The fourth-order valence-corrected chi connectivity index (χ4v) is 1.52. The van der Waals surface area contributed by atoms with Crippen LogP contribution >= 0.6 is 12.2 Å². The van der Waals surface area contributed by atoms with E-state index in [0.29, 0.717) is 10.7 Å². The lowest BCUT2D eigenvalue weighted by atomic mass is 10.2. The van der Waals surface area contributed by atoms with Gasteiger partial charge in [0, 0.05) is 13.0 Å². The molecule has 13 heavy (non-hydrogen) atoms. The maximum absolute atomic E-state index is 13.3. The van der Waals surface area contributed by atoms with Gasteiger partial charge < -0.3 is 10.6 Å². The van der Waals surface area contributed by atoms with Crippen LogP contribution in [0.5, 0.6) is 0 Å². The first-order valence-electron chi connectivity index (χ1n) is 4.09. The molecule has 1 aromatic carbocycles. The molecule has 0 fully saturated rings. The van der Waals surface area contributed by atoms with Crippen LogP contribution in [0.3, 0.4) is 0 Å². The first kappa shape index (κ1) is 8.44. The maximum Gasteiger partial charge on any atom is 0.148 e. The number of fused-ring (bicyclic) bond motifs is 1. The van der Waals surface area contributed by atoms with Gasteiger partial charge in [-0.15, -0.1) is 0 Å². The standard InChI is InChI=1S/C9H9FN2S/c10-6-2-1-3-7-9(6)12-8(13)4-5-11-7/h1-3,11H,4-5H2,(H,12,13). The molecule has 0 saturated carbocycles. The van der Waals surface area contributed by atoms with E-state index in [1.165, 1.54) is 6.07 Å². The molecule has 0 bridgehead atoms. The lowest BCUT2D eigenvalue weighted by Gasteiger charge is -2.08. The summed E-state index contributed by atoms with van der Waals surface area (Å²) in [6.45, 7) is 0.752. The normalized spacial score (nSPS) is 15.3. The number of benzene rings is 1. The average Bonchev–Trinajstić information content (AvgIpc) is 2.28. The van der Waals surface area contributed by atoms with Gasteiger partial charge in [-0.1, -0.05) is 18.3 Å². The number of halogens is 1. The van der Waals surface area contributed by atoms with E-state index in [9.17, 15) is 4.39 Å². The molecule has 0 aromatic heterocycles. The minimum Gasteiger partial charge on any atom is -0.383 e. The molecule has 2 N–H and O–H groups in total. The molecule has 0 aliphatic carbocycles. The second kappa shape index (κ2) is 3.30. The molecule has 2 rings (SSSR count). The molecule has 2 nitrogen and oxygen atoms in total. The maximum atomic E-state index is 13.3. The highest BCUT2D eigenvalue weighted by atomic mass is 32.1. The number of nitrogens with one attached hydrogen (secondary N) is 2. The Morgan fingerprint density at radius 2 is 2.23 bits per heavy atom. The highest BCUT2D eigenvalue weighted by molar-refractivity contribution is 7.80. The van der Waals surface area contributed by atoms with E-state index in [-0.39, 0.29) is 5.82 Å². The summed E-state index contributed by atoms with van der Waals surface area (Å²) in [4.78, 5) is 0.677. The van der Waals surface area contributed by atoms with Crippen LogP contribution in [0.4, 0.5) is 15.8 Å². The summed E-state index contributed by atoms with van der Waals surface area (Å²) >= 11 is 5.01. The molecule has 1 aliphatic heterocycles. The summed E-state index contributed by atoms with van der Waals surface area (Å²) in [6.07, 6.45) is 0.740. The number of hydrogen-bond donors (Lipinski definition) is 2. The molecule has 1 aromatic rings. The van der Waals surface area contributed by atoms with Crippen molar-refractivity contribution >= 4 is 28.6 Å². The molecule has 68 valence electrons. The van der Waals surface area contributed by atoms with Crippen LogP contribution in [0.1, 0.15) is 6.42 Å². The minimum atomic E-state index is -0.269. The topological polar surface area (TPSA) is 24.1 Å². The SMILES string of the molecule is Fc1cccc2c1NC(=S)CCN2. The molecule has 0 radical (unpaired) electrons.